The van der Waals surface area contributed by atoms with Gasteiger partial charge in [0.2, 0.25) is 5.91 Å². The predicted octanol–water partition coefficient (Wildman–Crippen LogP) is 4.46. The number of fused-ring (bicyclic) bond motifs is 1. The average molecular weight is 439 g/mol. The Morgan fingerprint density at radius 1 is 1.26 bits per heavy atom. The Hall–Kier alpha value is -3.20. The van der Waals surface area contributed by atoms with Gasteiger partial charge >= 0.3 is 0 Å². The van der Waals surface area contributed by atoms with Crippen LogP contribution in [0.3, 0.4) is 0 Å². The van der Waals surface area contributed by atoms with E-state index in [-0.39, 0.29) is 28.9 Å². The van der Waals surface area contributed by atoms with Gasteiger partial charge in [0.05, 0.1) is 21.6 Å². The molecule has 0 bridgehead atoms. The van der Waals surface area contributed by atoms with Crippen molar-refractivity contribution >= 4 is 39.9 Å². The molecule has 9 heteroatoms. The van der Waals surface area contributed by atoms with Gasteiger partial charge in [-0.25, -0.2) is 4.98 Å². The maximum absolute atomic E-state index is 13.2. The van der Waals surface area contributed by atoms with Gasteiger partial charge in [-0.15, -0.1) is 0 Å². The molecule has 1 heterocycles. The number of para-hydroxylation sites is 1. The Bertz CT molecular complexity index is 1220. The van der Waals surface area contributed by atoms with E-state index < -0.39 is 4.92 Å². The molecule has 1 N–H and O–H groups in total. The summed E-state index contributed by atoms with van der Waals surface area (Å²) in [5.74, 6) is -0.275. The summed E-state index contributed by atoms with van der Waals surface area (Å²) >= 11 is 1.21. The summed E-state index contributed by atoms with van der Waals surface area (Å²) in [5, 5.41) is 14.9. The van der Waals surface area contributed by atoms with Crippen LogP contribution in [0, 0.1) is 17.0 Å². The molecule has 8 nitrogen and oxygen atoms in total. The van der Waals surface area contributed by atoms with Crippen LogP contribution in [-0.2, 0) is 4.79 Å². The molecule has 0 aliphatic heterocycles. The lowest BCUT2D eigenvalue weighted by Crippen LogP contribution is -2.27. The van der Waals surface area contributed by atoms with E-state index in [1.165, 1.54) is 17.8 Å². The number of benzene rings is 2. The number of thioether (sulfide) groups is 1. The summed E-state index contributed by atoms with van der Waals surface area (Å²) in [7, 11) is 0. The van der Waals surface area contributed by atoms with Crippen molar-refractivity contribution in [2.24, 2.45) is 0 Å². The third-order valence-electron chi connectivity index (χ3n) is 5.49. The topological polar surface area (TPSA) is 107 Å². The zero-order valence-corrected chi connectivity index (χ0v) is 17.9. The molecule has 1 aromatic heterocycles. The van der Waals surface area contributed by atoms with Crippen molar-refractivity contribution in [3.05, 3.63) is 68.5 Å². The van der Waals surface area contributed by atoms with Crippen molar-refractivity contribution in [2.45, 2.75) is 43.8 Å². The van der Waals surface area contributed by atoms with Gasteiger partial charge in [0.25, 0.3) is 11.2 Å². The van der Waals surface area contributed by atoms with E-state index >= 15 is 0 Å². The highest BCUT2D eigenvalue weighted by atomic mass is 32.2. The lowest BCUT2D eigenvalue weighted by molar-refractivity contribution is -0.385. The van der Waals surface area contributed by atoms with Gasteiger partial charge in [0, 0.05) is 23.4 Å². The van der Waals surface area contributed by atoms with Crippen LogP contribution in [0.25, 0.3) is 10.9 Å². The molecule has 1 aliphatic carbocycles. The summed E-state index contributed by atoms with van der Waals surface area (Å²) in [6.07, 6.45) is 3.99. The Kier molecular flexibility index (Phi) is 6.03. The van der Waals surface area contributed by atoms with Gasteiger partial charge < -0.3 is 5.32 Å². The summed E-state index contributed by atoms with van der Waals surface area (Å²) in [4.78, 5) is 41.0. The highest BCUT2D eigenvalue weighted by Gasteiger charge is 2.23. The van der Waals surface area contributed by atoms with Crippen LogP contribution in [0.5, 0.6) is 0 Å². The van der Waals surface area contributed by atoms with Gasteiger partial charge in [-0.3, -0.25) is 24.3 Å². The SMILES string of the molecule is Cc1ccc(NC(=O)CSc2nc3ccccc3c(=O)n2C2CCCC2)cc1[N+](=O)[O-]. The lowest BCUT2D eigenvalue weighted by Gasteiger charge is -2.18. The minimum Gasteiger partial charge on any atom is -0.325 e. The number of carbonyl (C=O) groups excluding carboxylic acids is 1. The average Bonchev–Trinajstić information content (AvgIpc) is 3.28. The Morgan fingerprint density at radius 3 is 2.74 bits per heavy atom. The lowest BCUT2D eigenvalue weighted by atomic mass is 10.2. The fourth-order valence-corrected chi connectivity index (χ4v) is 4.79. The van der Waals surface area contributed by atoms with Crippen LogP contribution < -0.4 is 10.9 Å². The van der Waals surface area contributed by atoms with E-state index in [0.29, 0.717) is 27.3 Å². The molecule has 31 heavy (non-hydrogen) atoms. The number of carbonyl (C=O) groups is 1. The monoisotopic (exact) mass is 438 g/mol. The van der Waals surface area contributed by atoms with Crippen molar-refractivity contribution in [3.8, 4) is 0 Å². The van der Waals surface area contributed by atoms with Crippen molar-refractivity contribution < 1.29 is 9.72 Å². The maximum atomic E-state index is 13.2. The van der Waals surface area contributed by atoms with Gasteiger partial charge in [0.1, 0.15) is 0 Å². The fourth-order valence-electron chi connectivity index (χ4n) is 3.92. The Labute approximate surface area is 182 Å². The Morgan fingerprint density at radius 2 is 2.00 bits per heavy atom. The van der Waals surface area contributed by atoms with Crippen LogP contribution in [0.4, 0.5) is 11.4 Å². The number of nitrogens with one attached hydrogen (secondary N) is 1. The number of aryl methyl sites for hydroxylation is 1. The van der Waals surface area contributed by atoms with Crippen LogP contribution in [-0.4, -0.2) is 26.1 Å². The molecule has 1 saturated carbocycles. The largest absolute Gasteiger partial charge is 0.325 e. The van der Waals surface area contributed by atoms with Crippen molar-refractivity contribution in [2.75, 3.05) is 11.1 Å². The number of hydrogen-bond acceptors (Lipinski definition) is 6. The molecule has 3 aromatic rings. The molecule has 0 radical (unpaired) electrons. The first-order chi connectivity index (χ1) is 14.9. The number of nitro benzene ring substituents is 1. The zero-order chi connectivity index (χ0) is 22.0. The molecule has 2 aromatic carbocycles. The first-order valence-corrected chi connectivity index (χ1v) is 11.1. The van der Waals surface area contributed by atoms with Gasteiger partial charge in [0.15, 0.2) is 5.16 Å². The molecular formula is C22H22N4O4S. The smallest absolute Gasteiger partial charge is 0.274 e. The van der Waals surface area contributed by atoms with Crippen LogP contribution in [0.1, 0.15) is 37.3 Å². The zero-order valence-electron chi connectivity index (χ0n) is 17.0. The standard InChI is InChI=1S/C22H22N4O4S/c1-14-10-11-15(12-19(14)26(29)30)23-20(27)13-31-22-24-18-9-5-4-8-17(18)21(28)25(22)16-6-2-3-7-16/h4-5,8-12,16H,2-3,6-7,13H2,1H3,(H,23,27). The maximum Gasteiger partial charge on any atom is 0.274 e. The summed E-state index contributed by atoms with van der Waals surface area (Å²) in [6, 6.07) is 11.9. The predicted molar refractivity (Wildman–Crippen MR) is 121 cm³/mol. The highest BCUT2D eigenvalue weighted by Crippen LogP contribution is 2.32. The highest BCUT2D eigenvalue weighted by molar-refractivity contribution is 7.99. The van der Waals surface area contributed by atoms with E-state index in [0.717, 1.165) is 25.7 Å². The number of nitrogens with zero attached hydrogens (tertiary/aromatic N) is 3. The normalized spacial score (nSPS) is 14.1. The minimum atomic E-state index is -0.473. The summed E-state index contributed by atoms with van der Waals surface area (Å²) in [6.45, 7) is 1.65. The molecule has 1 fully saturated rings. The summed E-state index contributed by atoms with van der Waals surface area (Å²) in [5.41, 5.74) is 1.38. The summed E-state index contributed by atoms with van der Waals surface area (Å²) < 4.78 is 1.74. The molecular weight excluding hydrogens is 416 g/mol. The van der Waals surface area contributed by atoms with Gasteiger partial charge in [-0.2, -0.15) is 0 Å². The fraction of sp³-hybridized carbons (Fsp3) is 0.318. The van der Waals surface area contributed by atoms with Gasteiger partial charge in [-0.05, 0) is 38.0 Å². The molecule has 4 rings (SSSR count). The van der Waals surface area contributed by atoms with Crippen molar-refractivity contribution in [3.63, 3.8) is 0 Å². The van der Waals surface area contributed by atoms with E-state index in [1.54, 1.807) is 35.8 Å². The number of rotatable bonds is 6. The third kappa shape index (κ3) is 4.46. The molecule has 0 spiro atoms. The van der Waals surface area contributed by atoms with Gasteiger partial charge in [-0.1, -0.05) is 42.8 Å². The van der Waals surface area contributed by atoms with E-state index in [9.17, 15) is 19.7 Å². The van der Waals surface area contributed by atoms with E-state index in [4.69, 9.17) is 0 Å². The molecule has 1 amide bonds. The van der Waals surface area contributed by atoms with E-state index in [2.05, 4.69) is 10.3 Å². The quantitative estimate of drug-likeness (QED) is 0.264. The first kappa shape index (κ1) is 21.0. The minimum absolute atomic E-state index is 0.0408. The second-order valence-electron chi connectivity index (χ2n) is 7.62. The first-order valence-electron chi connectivity index (χ1n) is 10.1. The number of amides is 1. The van der Waals surface area contributed by atoms with E-state index in [1.807, 2.05) is 12.1 Å². The number of hydrogen-bond donors (Lipinski definition) is 1. The second-order valence-corrected chi connectivity index (χ2v) is 8.56. The molecule has 0 unspecified atom stereocenters. The van der Waals surface area contributed by atoms with Crippen LogP contribution in [0.2, 0.25) is 0 Å². The second kappa shape index (κ2) is 8.89. The molecule has 160 valence electrons. The Balaban J connectivity index is 1.56. The molecule has 1 aliphatic rings. The van der Waals surface area contributed by atoms with Crippen LogP contribution in [0.15, 0.2) is 52.4 Å². The molecule has 0 saturated heterocycles. The number of anilines is 1. The van der Waals surface area contributed by atoms with Crippen molar-refractivity contribution in [1.29, 1.82) is 0 Å². The molecule has 0 atom stereocenters. The van der Waals surface area contributed by atoms with Crippen LogP contribution >= 0.6 is 11.8 Å². The number of aromatic nitrogens is 2. The number of nitro groups is 1. The van der Waals surface area contributed by atoms with Crippen molar-refractivity contribution in [1.82, 2.24) is 9.55 Å². The third-order valence-corrected chi connectivity index (χ3v) is 6.44.